The van der Waals surface area contributed by atoms with Crippen molar-refractivity contribution >= 4 is 11.9 Å². The van der Waals surface area contributed by atoms with Crippen molar-refractivity contribution in [2.45, 2.75) is 6.42 Å². The van der Waals surface area contributed by atoms with E-state index in [4.69, 9.17) is 42.6 Å². The molecule has 0 spiro atoms. The molecular formula is C28H41F5O13. The van der Waals surface area contributed by atoms with Gasteiger partial charge in [-0.3, -0.25) is 4.79 Å². The van der Waals surface area contributed by atoms with Crippen LogP contribution in [-0.4, -0.2) is 138 Å². The first-order valence-electron chi connectivity index (χ1n) is 14.3. The molecule has 0 heterocycles. The Hall–Kier alpha value is -2.55. The van der Waals surface area contributed by atoms with Gasteiger partial charge in [0.15, 0.2) is 0 Å². The maximum absolute atomic E-state index is 13.5. The Morgan fingerprint density at radius 2 is 0.696 bits per heavy atom. The largest absolute Gasteiger partial charge is 0.467 e. The average molecular weight is 681 g/mol. The minimum atomic E-state index is -2.35. The summed E-state index contributed by atoms with van der Waals surface area (Å²) in [4.78, 5) is 22.5. The Morgan fingerprint density at radius 3 is 1.02 bits per heavy atom. The minimum Gasteiger partial charge on any atom is -0.467 e. The van der Waals surface area contributed by atoms with Crippen molar-refractivity contribution in [3.63, 3.8) is 0 Å². The Morgan fingerprint density at radius 1 is 0.413 bits per heavy atom. The molecule has 46 heavy (non-hydrogen) atoms. The highest BCUT2D eigenvalue weighted by atomic mass is 19.2. The molecule has 0 aliphatic rings. The second-order valence-corrected chi connectivity index (χ2v) is 8.65. The maximum Gasteiger partial charge on any atom is 0.331 e. The predicted molar refractivity (Wildman–Crippen MR) is 146 cm³/mol. The summed E-state index contributed by atoms with van der Waals surface area (Å²) in [5.41, 5.74) is 0. The molecule has 1 aromatic carbocycles. The highest BCUT2D eigenvalue weighted by Crippen LogP contribution is 2.29. The monoisotopic (exact) mass is 680 g/mol. The Labute approximate surface area is 263 Å². The molecule has 0 aromatic heterocycles. The third-order valence-corrected chi connectivity index (χ3v) is 5.26. The van der Waals surface area contributed by atoms with Gasteiger partial charge in [0.05, 0.1) is 126 Å². The van der Waals surface area contributed by atoms with E-state index < -0.39 is 53.2 Å². The molecule has 0 radical (unpaired) electrons. The molecule has 0 aliphatic carbocycles. The molecule has 0 bridgehead atoms. The third kappa shape index (κ3) is 19.9. The molecule has 0 N–H and O–H groups in total. The molecular weight excluding hydrogens is 639 g/mol. The van der Waals surface area contributed by atoms with Gasteiger partial charge in [0.25, 0.3) is 0 Å². The SMILES string of the molecule is COC(=O)COCCOCCOCCOCCOCCOCCOCCOCCOCCC(=O)Oc1c(F)c(F)c(F)c(F)c1F. The average Bonchev–Trinajstić information content (AvgIpc) is 3.05. The zero-order chi connectivity index (χ0) is 33.8. The second-order valence-electron chi connectivity index (χ2n) is 8.65. The highest BCUT2D eigenvalue weighted by Gasteiger charge is 2.28. The van der Waals surface area contributed by atoms with E-state index in [2.05, 4.69) is 9.47 Å². The predicted octanol–water partition coefficient (Wildman–Crippen LogP) is 2.00. The number of hydrogen-bond acceptors (Lipinski definition) is 13. The van der Waals surface area contributed by atoms with Crippen LogP contribution in [0, 0.1) is 29.1 Å². The Balaban J connectivity index is 1.78. The van der Waals surface area contributed by atoms with E-state index in [1.165, 1.54) is 7.11 Å². The van der Waals surface area contributed by atoms with E-state index in [0.717, 1.165) is 0 Å². The van der Waals surface area contributed by atoms with Crippen LogP contribution >= 0.6 is 0 Å². The van der Waals surface area contributed by atoms with Crippen LogP contribution in [0.5, 0.6) is 5.75 Å². The Kier molecular flexibility index (Phi) is 24.8. The topological polar surface area (TPSA) is 136 Å². The lowest BCUT2D eigenvalue weighted by molar-refractivity contribution is -0.146. The van der Waals surface area contributed by atoms with E-state index in [-0.39, 0.29) is 33.0 Å². The summed E-state index contributed by atoms with van der Waals surface area (Å²) in [5.74, 6) is -14.6. The van der Waals surface area contributed by atoms with Crippen LogP contribution in [-0.2, 0) is 57.0 Å². The van der Waals surface area contributed by atoms with Crippen molar-refractivity contribution in [2.24, 2.45) is 0 Å². The second kappa shape index (κ2) is 27.6. The first-order chi connectivity index (χ1) is 22.3. The lowest BCUT2D eigenvalue weighted by Crippen LogP contribution is -2.16. The summed E-state index contributed by atoms with van der Waals surface area (Å²) in [5, 5.41) is 0. The number of halogens is 5. The smallest absolute Gasteiger partial charge is 0.331 e. The van der Waals surface area contributed by atoms with Crippen LogP contribution in [0.1, 0.15) is 6.42 Å². The third-order valence-electron chi connectivity index (χ3n) is 5.26. The molecule has 0 saturated carbocycles. The van der Waals surface area contributed by atoms with Crippen LogP contribution in [0.25, 0.3) is 0 Å². The summed E-state index contributed by atoms with van der Waals surface area (Å²) < 4.78 is 123. The van der Waals surface area contributed by atoms with Gasteiger partial charge in [0.1, 0.15) is 6.61 Å². The maximum atomic E-state index is 13.5. The summed E-state index contributed by atoms with van der Waals surface area (Å²) >= 11 is 0. The highest BCUT2D eigenvalue weighted by molar-refractivity contribution is 5.72. The van der Waals surface area contributed by atoms with Crippen LogP contribution in [0.4, 0.5) is 22.0 Å². The summed E-state index contributed by atoms with van der Waals surface area (Å²) in [6, 6.07) is 0. The molecule has 266 valence electrons. The standard InChI is InChI=1S/C28H41F5O13/c1-36-22(35)20-45-19-18-44-17-16-43-15-14-42-13-12-41-11-10-40-9-8-39-7-6-38-5-4-37-3-2-21(34)46-28-26(32)24(30)23(29)25(31)27(28)33/h2-20H2,1H3. The fraction of sp³-hybridized carbons (Fsp3) is 0.714. The van der Waals surface area contributed by atoms with E-state index in [1.807, 2.05) is 0 Å². The fourth-order valence-electron chi connectivity index (χ4n) is 2.97. The van der Waals surface area contributed by atoms with E-state index in [1.54, 1.807) is 0 Å². The van der Waals surface area contributed by atoms with Crippen molar-refractivity contribution < 1.29 is 83.6 Å². The van der Waals surface area contributed by atoms with Gasteiger partial charge in [-0.25, -0.2) is 18.0 Å². The number of carbonyl (C=O) groups is 2. The van der Waals surface area contributed by atoms with Gasteiger partial charge in [-0.1, -0.05) is 0 Å². The molecule has 1 rings (SSSR count). The number of ether oxygens (including phenoxy) is 11. The first-order valence-corrected chi connectivity index (χ1v) is 14.3. The first kappa shape index (κ1) is 41.5. The number of rotatable bonds is 30. The molecule has 18 heteroatoms. The van der Waals surface area contributed by atoms with Gasteiger partial charge >= 0.3 is 11.9 Å². The number of methoxy groups -OCH3 is 1. The van der Waals surface area contributed by atoms with Gasteiger partial charge < -0.3 is 52.1 Å². The minimum absolute atomic E-state index is 0.0758. The zero-order valence-electron chi connectivity index (χ0n) is 25.6. The summed E-state index contributed by atoms with van der Waals surface area (Å²) in [7, 11) is 1.29. The van der Waals surface area contributed by atoms with Crippen LogP contribution in [0.2, 0.25) is 0 Å². The molecule has 13 nitrogen and oxygen atoms in total. The van der Waals surface area contributed by atoms with Gasteiger partial charge in [0, 0.05) is 0 Å². The summed E-state index contributed by atoms with van der Waals surface area (Å²) in [6.45, 7) is 5.13. The van der Waals surface area contributed by atoms with Crippen molar-refractivity contribution in [1.29, 1.82) is 0 Å². The number of hydrogen-bond donors (Lipinski definition) is 0. The molecule has 0 fully saturated rings. The molecule has 0 unspecified atom stereocenters. The molecule has 0 amide bonds. The molecule has 0 aliphatic heterocycles. The number of benzene rings is 1. The quantitative estimate of drug-likeness (QED) is 0.0293. The molecule has 1 aromatic rings. The van der Waals surface area contributed by atoms with Gasteiger partial charge in [-0.2, -0.15) is 8.78 Å². The zero-order valence-corrected chi connectivity index (χ0v) is 25.6. The van der Waals surface area contributed by atoms with Gasteiger partial charge in [0.2, 0.25) is 34.8 Å². The van der Waals surface area contributed by atoms with Crippen molar-refractivity contribution in [3.05, 3.63) is 29.1 Å². The van der Waals surface area contributed by atoms with Crippen LogP contribution < -0.4 is 4.74 Å². The van der Waals surface area contributed by atoms with Crippen molar-refractivity contribution in [2.75, 3.05) is 126 Å². The van der Waals surface area contributed by atoms with Crippen molar-refractivity contribution in [3.8, 4) is 5.75 Å². The van der Waals surface area contributed by atoms with E-state index in [0.29, 0.717) is 85.9 Å². The van der Waals surface area contributed by atoms with E-state index in [9.17, 15) is 31.5 Å². The van der Waals surface area contributed by atoms with Gasteiger partial charge in [-0.15, -0.1) is 0 Å². The molecule has 0 saturated heterocycles. The number of esters is 2. The molecule has 0 atom stereocenters. The Bertz CT molecular complexity index is 945. The summed E-state index contributed by atoms with van der Waals surface area (Å²) in [6.07, 6.45) is -0.491. The fourth-order valence-corrected chi connectivity index (χ4v) is 2.97. The van der Waals surface area contributed by atoms with Crippen LogP contribution in [0.3, 0.4) is 0 Å². The lowest BCUT2D eigenvalue weighted by Gasteiger charge is -2.09. The number of carbonyl (C=O) groups excluding carboxylic acids is 2. The van der Waals surface area contributed by atoms with Gasteiger partial charge in [-0.05, 0) is 0 Å². The van der Waals surface area contributed by atoms with Crippen LogP contribution in [0.15, 0.2) is 0 Å². The van der Waals surface area contributed by atoms with E-state index >= 15 is 0 Å². The van der Waals surface area contributed by atoms with Crippen molar-refractivity contribution in [1.82, 2.24) is 0 Å². The lowest BCUT2D eigenvalue weighted by atomic mass is 10.2. The normalized spacial score (nSPS) is 11.3.